The zero-order chi connectivity index (χ0) is 19.3. The molecule has 0 atom stereocenters. The Morgan fingerprint density at radius 3 is 1.39 bits per heavy atom. The minimum absolute atomic E-state index is 0.449. The van der Waals surface area contributed by atoms with Gasteiger partial charge in [-0.2, -0.15) is 0 Å². The van der Waals surface area contributed by atoms with Gasteiger partial charge in [-0.05, 0) is 72.5 Å². The van der Waals surface area contributed by atoms with Crippen molar-refractivity contribution < 1.29 is 0 Å². The number of anilines is 3. The van der Waals surface area contributed by atoms with Crippen molar-refractivity contribution in [2.45, 2.75) is 17.7 Å². The van der Waals surface area contributed by atoms with Crippen LogP contribution in [0.15, 0.2) is 90.8 Å². The van der Waals surface area contributed by atoms with Crippen LogP contribution in [0.5, 0.6) is 0 Å². The number of hydrogen-bond donors (Lipinski definition) is 0. The maximum atomic E-state index is 3.87. The maximum Gasteiger partial charge on any atom is 0.155 e. The van der Waals surface area contributed by atoms with E-state index in [-0.39, 0.29) is 0 Å². The van der Waals surface area contributed by atoms with Crippen LogP contribution in [0.3, 0.4) is 0 Å². The highest BCUT2D eigenvalue weighted by molar-refractivity contribution is 7.97. The highest BCUT2D eigenvalue weighted by atomic mass is 32.2. The van der Waals surface area contributed by atoms with Gasteiger partial charge in [0.05, 0.1) is 0 Å². The first-order valence-electron chi connectivity index (χ1n) is 9.81. The van der Waals surface area contributed by atoms with E-state index in [0.717, 1.165) is 22.5 Å². The summed E-state index contributed by atoms with van der Waals surface area (Å²) in [6, 6.07) is 26.3. The van der Waals surface area contributed by atoms with E-state index < -0.39 is 0 Å². The van der Waals surface area contributed by atoms with Gasteiger partial charge < -0.3 is 4.90 Å². The molecule has 2 heteroatoms. The van der Waals surface area contributed by atoms with Gasteiger partial charge in [0.2, 0.25) is 0 Å². The van der Waals surface area contributed by atoms with Crippen molar-refractivity contribution in [1.82, 2.24) is 0 Å². The Morgan fingerprint density at radius 2 is 1.00 bits per heavy atom. The van der Waals surface area contributed by atoms with Crippen molar-refractivity contribution in [3.63, 3.8) is 0 Å². The van der Waals surface area contributed by atoms with Crippen LogP contribution in [0.1, 0.15) is 24.0 Å². The Kier molecular flexibility index (Phi) is 5.68. The molecule has 1 aliphatic heterocycles. The molecule has 1 heterocycles. The van der Waals surface area contributed by atoms with Crippen molar-refractivity contribution in [2.75, 3.05) is 16.4 Å². The average Bonchev–Trinajstić information content (AvgIpc) is 3.30. The van der Waals surface area contributed by atoms with Crippen LogP contribution < -0.4 is 4.90 Å². The zero-order valence-electron chi connectivity index (χ0n) is 16.2. The first-order chi connectivity index (χ1) is 13.8. The molecule has 3 aromatic rings. The van der Waals surface area contributed by atoms with E-state index in [4.69, 9.17) is 0 Å². The minimum atomic E-state index is 0.449. The number of nitrogens with zero attached hydrogens (tertiary/aromatic N) is 1. The van der Waals surface area contributed by atoms with Crippen LogP contribution in [0.25, 0.3) is 12.2 Å². The highest BCUT2D eigenvalue weighted by Gasteiger charge is 2.26. The van der Waals surface area contributed by atoms with Crippen LogP contribution in [0.4, 0.5) is 17.1 Å². The van der Waals surface area contributed by atoms with Gasteiger partial charge in [-0.3, -0.25) is 0 Å². The van der Waals surface area contributed by atoms with Crippen molar-refractivity contribution in [2.24, 2.45) is 0 Å². The second-order valence-corrected chi connectivity index (χ2v) is 9.30. The lowest BCUT2D eigenvalue weighted by molar-refractivity contribution is 0.949. The molecular weight excluding hydrogens is 358 g/mol. The lowest BCUT2D eigenvalue weighted by Crippen LogP contribution is -2.10. The summed E-state index contributed by atoms with van der Waals surface area (Å²) in [6.45, 7) is 7.73. The predicted molar refractivity (Wildman–Crippen MR) is 126 cm³/mol. The maximum absolute atomic E-state index is 3.87. The topological polar surface area (TPSA) is 3.24 Å². The molecule has 0 amide bonds. The molecule has 4 rings (SSSR count). The fraction of sp³-hybridized carbons (Fsp3) is 0.154. The Balaban J connectivity index is 1.72. The molecule has 0 saturated carbocycles. The normalized spacial score (nSPS) is 14.0. The third kappa shape index (κ3) is 3.93. The van der Waals surface area contributed by atoms with Gasteiger partial charge in [-0.25, -0.2) is 0 Å². The standard InChI is InChI=1S/C26H26NS/c1-3-21-7-11-23(12-8-21)27(24-13-9-22(4-2)10-14-24)25-15-17-26(18-16-25)28-19-5-6-20-28/h3-4,7-18H,1-2,5-6,19-20H2/q+1. The molecule has 0 radical (unpaired) electrons. The fourth-order valence-corrected chi connectivity index (χ4v) is 5.95. The minimum Gasteiger partial charge on any atom is -0.310 e. The summed E-state index contributed by atoms with van der Waals surface area (Å²) in [6.07, 6.45) is 6.51. The largest absolute Gasteiger partial charge is 0.310 e. The van der Waals surface area contributed by atoms with E-state index in [2.05, 4.69) is 90.9 Å². The molecule has 0 spiro atoms. The van der Waals surface area contributed by atoms with E-state index in [1.807, 2.05) is 12.2 Å². The highest BCUT2D eigenvalue weighted by Crippen LogP contribution is 2.36. The van der Waals surface area contributed by atoms with Gasteiger partial charge in [0.1, 0.15) is 11.5 Å². The summed E-state index contributed by atoms with van der Waals surface area (Å²) in [5.41, 5.74) is 5.73. The Hall–Kier alpha value is -2.71. The van der Waals surface area contributed by atoms with E-state index in [9.17, 15) is 0 Å². The second-order valence-electron chi connectivity index (χ2n) is 7.03. The van der Waals surface area contributed by atoms with Gasteiger partial charge >= 0.3 is 0 Å². The van der Waals surface area contributed by atoms with E-state index in [1.165, 1.54) is 34.9 Å². The number of hydrogen-bond acceptors (Lipinski definition) is 1. The van der Waals surface area contributed by atoms with Crippen LogP contribution in [-0.4, -0.2) is 11.5 Å². The van der Waals surface area contributed by atoms with E-state index >= 15 is 0 Å². The van der Waals surface area contributed by atoms with E-state index in [1.54, 1.807) is 0 Å². The third-order valence-corrected chi connectivity index (χ3v) is 7.74. The quantitative estimate of drug-likeness (QED) is 0.406. The second kappa shape index (κ2) is 8.53. The number of benzene rings is 3. The molecule has 1 saturated heterocycles. The van der Waals surface area contributed by atoms with Crippen LogP contribution in [0.2, 0.25) is 0 Å². The first-order valence-corrected chi connectivity index (χ1v) is 11.4. The predicted octanol–water partition coefficient (Wildman–Crippen LogP) is 7.21. The zero-order valence-corrected chi connectivity index (χ0v) is 17.0. The summed E-state index contributed by atoms with van der Waals surface area (Å²) >= 11 is 0. The SMILES string of the molecule is C=Cc1ccc(N(c2ccc(C=C)cc2)c2ccc([S+]3CCCC3)cc2)cc1. The summed E-state index contributed by atoms with van der Waals surface area (Å²) in [5.74, 6) is 2.71. The van der Waals surface area contributed by atoms with Gasteiger partial charge in [-0.1, -0.05) is 49.6 Å². The third-order valence-electron chi connectivity index (χ3n) is 5.23. The average molecular weight is 385 g/mol. The molecule has 28 heavy (non-hydrogen) atoms. The Morgan fingerprint density at radius 1 is 0.607 bits per heavy atom. The van der Waals surface area contributed by atoms with Gasteiger partial charge in [0.25, 0.3) is 0 Å². The van der Waals surface area contributed by atoms with E-state index in [0.29, 0.717) is 10.9 Å². The molecule has 0 N–H and O–H groups in total. The molecule has 140 valence electrons. The molecule has 0 aromatic heterocycles. The van der Waals surface area contributed by atoms with Crippen LogP contribution in [0, 0.1) is 0 Å². The molecule has 1 nitrogen and oxygen atoms in total. The molecular formula is C26H26NS+. The van der Waals surface area contributed by atoms with Crippen LogP contribution in [-0.2, 0) is 10.9 Å². The fourth-order valence-electron chi connectivity index (χ4n) is 3.64. The lowest BCUT2D eigenvalue weighted by atomic mass is 10.1. The summed E-state index contributed by atoms with van der Waals surface area (Å²) < 4.78 is 0. The lowest BCUT2D eigenvalue weighted by Gasteiger charge is -2.25. The number of rotatable bonds is 6. The van der Waals surface area contributed by atoms with Crippen molar-refractivity contribution in [1.29, 1.82) is 0 Å². The summed E-state index contributed by atoms with van der Waals surface area (Å²) in [4.78, 5) is 3.81. The Labute approximate surface area is 171 Å². The smallest absolute Gasteiger partial charge is 0.155 e. The van der Waals surface area contributed by atoms with Crippen molar-refractivity contribution in [3.05, 3.63) is 97.1 Å². The van der Waals surface area contributed by atoms with Crippen LogP contribution >= 0.6 is 0 Å². The van der Waals surface area contributed by atoms with Gasteiger partial charge in [0, 0.05) is 28.0 Å². The molecule has 1 fully saturated rings. The van der Waals surface area contributed by atoms with Crippen molar-refractivity contribution >= 4 is 40.1 Å². The summed E-state index contributed by atoms with van der Waals surface area (Å²) in [5, 5.41) is 0. The molecule has 0 unspecified atom stereocenters. The van der Waals surface area contributed by atoms with Gasteiger partial charge in [-0.15, -0.1) is 0 Å². The molecule has 3 aromatic carbocycles. The molecule has 1 aliphatic rings. The first kappa shape index (κ1) is 18.6. The molecule has 0 bridgehead atoms. The molecule has 0 aliphatic carbocycles. The Bertz CT molecular complexity index is 882. The van der Waals surface area contributed by atoms with Gasteiger partial charge in [0.15, 0.2) is 4.90 Å². The summed E-state index contributed by atoms with van der Waals surface area (Å²) in [7, 11) is 0.449. The monoisotopic (exact) mass is 384 g/mol. The van der Waals surface area contributed by atoms with Crippen molar-refractivity contribution in [3.8, 4) is 0 Å².